The van der Waals surface area contributed by atoms with E-state index in [1.54, 1.807) is 6.20 Å². The summed E-state index contributed by atoms with van der Waals surface area (Å²) in [7, 11) is 0. The highest BCUT2D eigenvalue weighted by molar-refractivity contribution is 8.00. The van der Waals surface area contributed by atoms with Crippen molar-refractivity contribution in [1.82, 2.24) is 9.97 Å². The quantitative estimate of drug-likeness (QED) is 0.874. The van der Waals surface area contributed by atoms with Crippen LogP contribution in [0.5, 0.6) is 0 Å². The molecule has 2 aromatic rings. The van der Waals surface area contributed by atoms with Gasteiger partial charge in [0.1, 0.15) is 11.4 Å². The van der Waals surface area contributed by atoms with Crippen LogP contribution in [-0.2, 0) is 9.53 Å². The number of aromatic amines is 1. The number of hydrogen-bond acceptors (Lipinski definition) is 4. The third kappa shape index (κ3) is 2.66. The Labute approximate surface area is 115 Å². The summed E-state index contributed by atoms with van der Waals surface area (Å²) in [5, 5.41) is 0.611. The number of cyclic esters (lactones) is 1. The van der Waals surface area contributed by atoms with Crippen LogP contribution in [0.3, 0.4) is 0 Å². The molecule has 1 aromatic heterocycles. The van der Waals surface area contributed by atoms with E-state index >= 15 is 0 Å². The van der Waals surface area contributed by atoms with Crippen molar-refractivity contribution < 1.29 is 9.53 Å². The molecule has 1 aliphatic rings. The second-order valence-electron chi connectivity index (χ2n) is 4.56. The van der Waals surface area contributed by atoms with Crippen LogP contribution in [0, 0.1) is 0 Å². The normalized spacial score (nSPS) is 22.5. The maximum Gasteiger partial charge on any atom is 0.319 e. The van der Waals surface area contributed by atoms with Crippen molar-refractivity contribution in [3.63, 3.8) is 0 Å². The molecule has 19 heavy (non-hydrogen) atoms. The van der Waals surface area contributed by atoms with Gasteiger partial charge in [-0.25, -0.2) is 4.98 Å². The number of ether oxygens (including phenoxy) is 1. The fraction of sp³-hybridized carbons (Fsp3) is 0.286. The standard InChI is InChI=1S/C14H14N2O2S/c1-9-7-12(13(17)18-9)19-14-15-8-11(16-14)10-5-3-2-4-6-10/h2-6,8-9,12H,7H2,1H3,(H,15,16)/t9-,12+/m0/s1. The van der Waals surface area contributed by atoms with Crippen LogP contribution in [0.1, 0.15) is 13.3 Å². The van der Waals surface area contributed by atoms with Gasteiger partial charge in [0.25, 0.3) is 0 Å². The molecule has 1 aliphatic heterocycles. The molecule has 1 saturated heterocycles. The number of aromatic nitrogens is 2. The maximum atomic E-state index is 11.6. The number of hydrogen-bond donors (Lipinski definition) is 1. The smallest absolute Gasteiger partial charge is 0.319 e. The second-order valence-corrected chi connectivity index (χ2v) is 5.75. The Hall–Kier alpha value is -1.75. The molecule has 0 bridgehead atoms. The molecule has 0 saturated carbocycles. The van der Waals surface area contributed by atoms with E-state index in [0.29, 0.717) is 0 Å². The van der Waals surface area contributed by atoms with Gasteiger partial charge < -0.3 is 9.72 Å². The second kappa shape index (κ2) is 5.09. The van der Waals surface area contributed by atoms with Gasteiger partial charge in [-0.15, -0.1) is 0 Å². The SMILES string of the molecule is C[C@H]1C[C@@H](Sc2ncc(-c3ccccc3)[nH]2)C(=O)O1. The molecule has 0 aliphatic carbocycles. The molecule has 1 fully saturated rings. The van der Waals surface area contributed by atoms with Gasteiger partial charge in [-0.05, 0) is 12.5 Å². The predicted octanol–water partition coefficient (Wildman–Crippen LogP) is 2.87. The Bertz CT molecular complexity index is 582. The van der Waals surface area contributed by atoms with Crippen molar-refractivity contribution in [2.45, 2.75) is 29.9 Å². The van der Waals surface area contributed by atoms with Crippen molar-refractivity contribution in [3.05, 3.63) is 36.5 Å². The fourth-order valence-corrected chi connectivity index (χ4v) is 3.15. The van der Waals surface area contributed by atoms with Gasteiger partial charge >= 0.3 is 5.97 Å². The van der Waals surface area contributed by atoms with Crippen LogP contribution in [0.15, 0.2) is 41.7 Å². The van der Waals surface area contributed by atoms with Gasteiger partial charge in [-0.1, -0.05) is 42.1 Å². The number of carbonyl (C=O) groups excluding carboxylic acids is 1. The lowest BCUT2D eigenvalue weighted by atomic mass is 10.2. The highest BCUT2D eigenvalue weighted by Gasteiger charge is 2.33. The largest absolute Gasteiger partial charge is 0.462 e. The van der Waals surface area contributed by atoms with Crippen LogP contribution in [0.2, 0.25) is 0 Å². The summed E-state index contributed by atoms with van der Waals surface area (Å²) in [6.45, 7) is 1.91. The first-order valence-corrected chi connectivity index (χ1v) is 7.08. The molecule has 98 valence electrons. The minimum absolute atomic E-state index is 0.00792. The Kier molecular flexibility index (Phi) is 3.29. The maximum absolute atomic E-state index is 11.6. The number of nitrogens with one attached hydrogen (secondary N) is 1. The average molecular weight is 274 g/mol. The molecule has 0 radical (unpaired) electrons. The summed E-state index contributed by atoms with van der Waals surface area (Å²) in [5.74, 6) is -0.143. The zero-order valence-electron chi connectivity index (χ0n) is 10.5. The van der Waals surface area contributed by atoms with E-state index in [2.05, 4.69) is 9.97 Å². The number of H-pyrrole nitrogens is 1. The van der Waals surface area contributed by atoms with E-state index in [1.165, 1.54) is 11.8 Å². The Morgan fingerprint density at radius 1 is 1.37 bits per heavy atom. The van der Waals surface area contributed by atoms with E-state index in [1.807, 2.05) is 37.3 Å². The van der Waals surface area contributed by atoms with E-state index in [4.69, 9.17) is 4.74 Å². The molecule has 2 heterocycles. The molecular weight excluding hydrogens is 260 g/mol. The third-order valence-electron chi connectivity index (χ3n) is 3.02. The predicted molar refractivity (Wildman–Crippen MR) is 73.8 cm³/mol. The number of carbonyl (C=O) groups is 1. The highest BCUT2D eigenvalue weighted by atomic mass is 32.2. The monoisotopic (exact) mass is 274 g/mol. The van der Waals surface area contributed by atoms with Crippen LogP contribution >= 0.6 is 11.8 Å². The van der Waals surface area contributed by atoms with Gasteiger partial charge in [0.2, 0.25) is 0 Å². The number of imidazole rings is 1. The number of esters is 1. The fourth-order valence-electron chi connectivity index (χ4n) is 2.08. The molecule has 4 nitrogen and oxygen atoms in total. The van der Waals surface area contributed by atoms with Crippen molar-refractivity contribution in [1.29, 1.82) is 0 Å². The topological polar surface area (TPSA) is 55.0 Å². The summed E-state index contributed by atoms with van der Waals surface area (Å²) in [6, 6.07) is 9.99. The molecular formula is C14H14N2O2S. The Morgan fingerprint density at radius 3 is 2.84 bits per heavy atom. The zero-order chi connectivity index (χ0) is 13.2. The van der Waals surface area contributed by atoms with Gasteiger partial charge in [-0.2, -0.15) is 0 Å². The lowest BCUT2D eigenvalue weighted by Crippen LogP contribution is -2.09. The number of nitrogens with zero attached hydrogens (tertiary/aromatic N) is 1. The summed E-state index contributed by atoms with van der Waals surface area (Å²) in [5.41, 5.74) is 2.05. The number of rotatable bonds is 3. The van der Waals surface area contributed by atoms with Crippen molar-refractivity contribution in [3.8, 4) is 11.3 Å². The zero-order valence-corrected chi connectivity index (χ0v) is 11.3. The average Bonchev–Trinajstić information content (AvgIpc) is 2.99. The van der Waals surface area contributed by atoms with Gasteiger partial charge in [0, 0.05) is 6.42 Å². The van der Waals surface area contributed by atoms with Crippen molar-refractivity contribution in [2.24, 2.45) is 0 Å². The molecule has 1 aromatic carbocycles. The molecule has 5 heteroatoms. The first-order valence-electron chi connectivity index (χ1n) is 6.20. The number of benzene rings is 1. The third-order valence-corrected chi connectivity index (χ3v) is 4.12. The van der Waals surface area contributed by atoms with Gasteiger partial charge in [0.05, 0.1) is 11.9 Å². The van der Waals surface area contributed by atoms with Gasteiger partial charge in [0.15, 0.2) is 5.16 Å². The molecule has 0 spiro atoms. The van der Waals surface area contributed by atoms with E-state index in [9.17, 15) is 4.79 Å². The van der Waals surface area contributed by atoms with E-state index < -0.39 is 0 Å². The van der Waals surface area contributed by atoms with Crippen molar-refractivity contribution in [2.75, 3.05) is 0 Å². The molecule has 3 rings (SSSR count). The van der Waals surface area contributed by atoms with Crippen LogP contribution in [0.25, 0.3) is 11.3 Å². The summed E-state index contributed by atoms with van der Waals surface area (Å²) in [6.07, 6.45) is 2.54. The molecule has 1 N–H and O–H groups in total. The minimum Gasteiger partial charge on any atom is -0.462 e. The first kappa shape index (κ1) is 12.3. The van der Waals surface area contributed by atoms with E-state index in [-0.39, 0.29) is 17.3 Å². The Balaban J connectivity index is 1.74. The Morgan fingerprint density at radius 2 is 2.16 bits per heavy atom. The summed E-state index contributed by atoms with van der Waals surface area (Å²) in [4.78, 5) is 19.1. The molecule has 2 atom stereocenters. The summed E-state index contributed by atoms with van der Waals surface area (Å²) < 4.78 is 5.14. The number of thioether (sulfide) groups is 1. The lowest BCUT2D eigenvalue weighted by molar-refractivity contribution is -0.140. The summed E-state index contributed by atoms with van der Waals surface area (Å²) >= 11 is 1.44. The van der Waals surface area contributed by atoms with Crippen LogP contribution in [0.4, 0.5) is 0 Å². The molecule has 0 unspecified atom stereocenters. The minimum atomic E-state index is -0.148. The first-order chi connectivity index (χ1) is 9.22. The van der Waals surface area contributed by atoms with Crippen molar-refractivity contribution >= 4 is 17.7 Å². The van der Waals surface area contributed by atoms with Crippen LogP contribution < -0.4 is 0 Å². The van der Waals surface area contributed by atoms with E-state index in [0.717, 1.165) is 22.8 Å². The lowest BCUT2D eigenvalue weighted by Gasteiger charge is -2.01. The highest BCUT2D eigenvalue weighted by Crippen LogP contribution is 2.31. The van der Waals surface area contributed by atoms with Gasteiger partial charge in [-0.3, -0.25) is 4.79 Å². The van der Waals surface area contributed by atoms with Crippen LogP contribution in [-0.4, -0.2) is 27.3 Å². The molecule has 0 amide bonds.